The number of fused-ring (bicyclic) bond motifs is 3. The van der Waals surface area contributed by atoms with E-state index in [1.165, 1.54) is 24.1 Å². The number of pyridine rings is 1. The molecular weight excluding hydrogens is 573 g/mol. The maximum Gasteiger partial charge on any atom is 0.254 e. The zero-order valence-corrected chi connectivity index (χ0v) is 25.0. The lowest BCUT2D eigenvalue weighted by atomic mass is 10.0. The summed E-state index contributed by atoms with van der Waals surface area (Å²) in [4.78, 5) is 29.5. The Balaban J connectivity index is 1.23. The van der Waals surface area contributed by atoms with E-state index >= 15 is 0 Å². The zero-order chi connectivity index (χ0) is 30.8. The molecule has 0 bridgehead atoms. The molecule has 1 aliphatic carbocycles. The molecule has 2 aliphatic rings. The second kappa shape index (κ2) is 10.6. The van der Waals surface area contributed by atoms with E-state index in [2.05, 4.69) is 31.9 Å². The van der Waals surface area contributed by atoms with Crippen LogP contribution >= 0.6 is 0 Å². The van der Waals surface area contributed by atoms with Gasteiger partial charge >= 0.3 is 0 Å². The molecule has 5 heterocycles. The summed E-state index contributed by atoms with van der Waals surface area (Å²) in [7, 11) is 3.53. The van der Waals surface area contributed by atoms with Crippen molar-refractivity contribution in [2.24, 2.45) is 18.7 Å². The number of likely N-dealkylation sites (tertiary alicyclic amines) is 1. The minimum Gasteiger partial charge on any atom is -0.494 e. The Morgan fingerprint density at radius 3 is 2.71 bits per heavy atom. The van der Waals surface area contributed by atoms with Crippen LogP contribution in [0.3, 0.4) is 0 Å². The van der Waals surface area contributed by atoms with E-state index < -0.39 is 6.17 Å². The third-order valence-corrected chi connectivity index (χ3v) is 8.92. The molecule has 2 fully saturated rings. The van der Waals surface area contributed by atoms with E-state index in [-0.39, 0.29) is 24.9 Å². The minimum absolute atomic E-state index is 0.0282. The number of aromatic nitrogens is 7. The summed E-state index contributed by atoms with van der Waals surface area (Å²) in [6, 6.07) is 15.2. The molecule has 0 spiro atoms. The van der Waals surface area contributed by atoms with Crippen molar-refractivity contribution in [3.05, 3.63) is 60.4 Å². The van der Waals surface area contributed by atoms with Crippen molar-refractivity contribution in [2.45, 2.75) is 38.0 Å². The highest BCUT2D eigenvalue weighted by atomic mass is 19.1. The number of hydrogen-bond donors (Lipinski definition) is 1. The van der Waals surface area contributed by atoms with E-state index in [0.717, 1.165) is 56.9 Å². The Hall–Kier alpha value is -4.97. The molecule has 45 heavy (non-hydrogen) atoms. The molecule has 8 rings (SSSR count). The van der Waals surface area contributed by atoms with Gasteiger partial charge in [-0.3, -0.25) is 4.79 Å². The Bertz CT molecular complexity index is 2110. The number of ether oxygens (including phenoxy) is 1. The summed E-state index contributed by atoms with van der Waals surface area (Å²) in [6.07, 6.45) is 2.92. The highest BCUT2D eigenvalue weighted by Crippen LogP contribution is 2.38. The fourth-order valence-electron chi connectivity index (χ4n) is 6.50. The summed E-state index contributed by atoms with van der Waals surface area (Å²) in [5.74, 6) is 1.56. The van der Waals surface area contributed by atoms with Crippen LogP contribution in [0.2, 0.25) is 0 Å². The van der Waals surface area contributed by atoms with Crippen LogP contribution in [0.25, 0.3) is 55.9 Å². The fraction of sp³-hybridized carbons (Fsp3) is 0.333. The number of nitrogens with two attached hydrogens (primary N) is 1. The minimum atomic E-state index is -1.14. The van der Waals surface area contributed by atoms with Crippen molar-refractivity contribution < 1.29 is 13.9 Å². The van der Waals surface area contributed by atoms with E-state index in [0.29, 0.717) is 29.3 Å². The van der Waals surface area contributed by atoms with Crippen LogP contribution in [0.1, 0.15) is 29.6 Å². The van der Waals surface area contributed by atoms with Gasteiger partial charge in [-0.1, -0.05) is 6.07 Å². The average molecular weight is 606 g/mol. The van der Waals surface area contributed by atoms with Gasteiger partial charge in [0.05, 0.1) is 36.1 Å². The topological polar surface area (TPSA) is 130 Å². The lowest BCUT2D eigenvalue weighted by Crippen LogP contribution is -2.50. The first-order chi connectivity index (χ1) is 21.9. The number of aryl methyl sites for hydroxylation is 1. The van der Waals surface area contributed by atoms with Crippen LogP contribution in [0.15, 0.2) is 54.9 Å². The molecule has 1 aliphatic heterocycles. The molecule has 228 valence electrons. The number of methoxy groups -OCH3 is 1. The molecule has 1 saturated carbocycles. The number of rotatable bonds is 6. The number of carbonyl (C=O) groups excluding carboxylic acids is 1. The van der Waals surface area contributed by atoms with E-state index in [1.807, 2.05) is 35.9 Å². The number of carbonyl (C=O) groups is 1. The van der Waals surface area contributed by atoms with Gasteiger partial charge < -0.3 is 24.5 Å². The Morgan fingerprint density at radius 1 is 1.04 bits per heavy atom. The van der Waals surface area contributed by atoms with Crippen molar-refractivity contribution in [3.8, 4) is 28.5 Å². The molecule has 0 unspecified atom stereocenters. The molecular formula is C33H32FN9O2. The molecule has 2 atom stereocenters. The maximum atomic E-state index is 14.3. The largest absolute Gasteiger partial charge is 0.494 e. The molecule has 0 radical (unpaired) electrons. The van der Waals surface area contributed by atoms with Crippen LogP contribution in [0, 0.1) is 5.92 Å². The molecule has 2 aromatic carbocycles. The van der Waals surface area contributed by atoms with Crippen LogP contribution < -0.4 is 10.5 Å². The van der Waals surface area contributed by atoms with Gasteiger partial charge in [-0.05, 0) is 67.6 Å². The van der Waals surface area contributed by atoms with Crippen molar-refractivity contribution in [3.63, 3.8) is 0 Å². The Kier molecular flexibility index (Phi) is 6.48. The molecule has 4 aromatic heterocycles. The van der Waals surface area contributed by atoms with Gasteiger partial charge in [0.25, 0.3) is 5.91 Å². The summed E-state index contributed by atoms with van der Waals surface area (Å²) in [6.45, 7) is 1.17. The monoisotopic (exact) mass is 605 g/mol. The lowest BCUT2D eigenvalue weighted by Gasteiger charge is -2.33. The van der Waals surface area contributed by atoms with Crippen LogP contribution in [-0.4, -0.2) is 77.5 Å². The van der Waals surface area contributed by atoms with Gasteiger partial charge in [0.2, 0.25) is 0 Å². The smallest absolute Gasteiger partial charge is 0.254 e. The number of nitrogens with zero attached hydrogens (tertiary/aromatic N) is 8. The number of benzene rings is 2. The molecule has 11 nitrogen and oxygen atoms in total. The van der Waals surface area contributed by atoms with E-state index in [9.17, 15) is 9.18 Å². The number of piperidine rings is 1. The van der Waals surface area contributed by atoms with Gasteiger partial charge in [0.1, 0.15) is 34.9 Å². The summed E-state index contributed by atoms with van der Waals surface area (Å²) in [5.41, 5.74) is 12.9. The van der Waals surface area contributed by atoms with Crippen LogP contribution in [0.4, 0.5) is 4.39 Å². The highest BCUT2D eigenvalue weighted by molar-refractivity contribution is 6.00. The predicted octanol–water partition coefficient (Wildman–Crippen LogP) is 4.53. The zero-order valence-electron chi connectivity index (χ0n) is 25.0. The number of hydrogen-bond acceptors (Lipinski definition) is 8. The number of halogens is 1. The number of amides is 1. The van der Waals surface area contributed by atoms with Gasteiger partial charge in [-0.2, -0.15) is 0 Å². The van der Waals surface area contributed by atoms with Crippen molar-refractivity contribution in [1.29, 1.82) is 0 Å². The summed E-state index contributed by atoms with van der Waals surface area (Å²) < 4.78 is 24.3. The van der Waals surface area contributed by atoms with Gasteiger partial charge in [0, 0.05) is 42.7 Å². The van der Waals surface area contributed by atoms with Gasteiger partial charge in [0.15, 0.2) is 5.82 Å². The van der Waals surface area contributed by atoms with E-state index in [4.69, 9.17) is 20.4 Å². The second-order valence-corrected chi connectivity index (χ2v) is 12.2. The molecule has 6 aromatic rings. The van der Waals surface area contributed by atoms with Gasteiger partial charge in [-0.25, -0.2) is 19.3 Å². The fourth-order valence-corrected chi connectivity index (χ4v) is 6.50. The van der Waals surface area contributed by atoms with Crippen LogP contribution in [0.5, 0.6) is 5.75 Å². The first-order valence-electron chi connectivity index (χ1n) is 15.2. The molecule has 1 saturated heterocycles. The second-order valence-electron chi connectivity index (χ2n) is 12.2. The van der Waals surface area contributed by atoms with E-state index in [1.54, 1.807) is 19.2 Å². The Morgan fingerprint density at radius 2 is 1.91 bits per heavy atom. The third-order valence-electron chi connectivity index (χ3n) is 8.92. The van der Waals surface area contributed by atoms with Crippen molar-refractivity contribution in [1.82, 2.24) is 39.2 Å². The third kappa shape index (κ3) is 4.85. The SMILES string of the molecule is COc1cc(C(=O)N2C[C@H](N)C[C@@H](F)C2)cc2nc(-c3cc4ccc(-c5ccc6nncnc6c5)nc4n3CC3CC3)n(C)c12. The molecule has 12 heteroatoms. The normalized spacial score (nSPS) is 18.7. The number of alkyl halides is 1. The standard InChI is InChI=1S/C33H32FN9O2/c1-41-30-27(10-21(12-29(30)45-2)33(44)42-15-22(34)13-23(35)16-42)39-32(41)28-11-20-6-7-24(38-31(20)43(28)14-18-3-4-18)19-5-8-25-26(9-19)36-17-37-40-25/h5-12,17-18,22-23H,3-4,13-16,35H2,1-2H3/t22-,23-/m1/s1. The van der Waals surface area contributed by atoms with Gasteiger partial charge in [-0.15, -0.1) is 10.2 Å². The van der Waals surface area contributed by atoms with Crippen LogP contribution in [-0.2, 0) is 13.6 Å². The predicted molar refractivity (Wildman–Crippen MR) is 168 cm³/mol. The average Bonchev–Trinajstić information content (AvgIpc) is 3.72. The van der Waals surface area contributed by atoms with Crippen molar-refractivity contribution in [2.75, 3.05) is 20.2 Å². The Labute approximate surface area is 257 Å². The first-order valence-corrected chi connectivity index (χ1v) is 15.2. The molecule has 2 N–H and O–H groups in total. The lowest BCUT2D eigenvalue weighted by molar-refractivity contribution is 0.0606. The number of imidazole rings is 1. The quantitative estimate of drug-likeness (QED) is 0.293. The highest BCUT2D eigenvalue weighted by Gasteiger charge is 2.30. The molecule has 1 amide bonds. The summed E-state index contributed by atoms with van der Waals surface area (Å²) >= 11 is 0. The maximum absolute atomic E-state index is 14.3. The summed E-state index contributed by atoms with van der Waals surface area (Å²) in [5, 5.41) is 9.03. The van der Waals surface area contributed by atoms with Crippen molar-refractivity contribution >= 4 is 39.0 Å². The first kappa shape index (κ1) is 27.6.